The zero-order chi connectivity index (χ0) is 24.8. The van der Waals surface area contributed by atoms with Gasteiger partial charge in [0.15, 0.2) is 0 Å². The maximum Gasteiger partial charge on any atom is 0.241 e. The molecule has 8 heteroatoms. The molecule has 2 amide bonds. The van der Waals surface area contributed by atoms with Gasteiger partial charge >= 0.3 is 0 Å². The van der Waals surface area contributed by atoms with Gasteiger partial charge in [-0.2, -0.15) is 0 Å². The first-order valence-corrected chi connectivity index (χ1v) is 11.8. The van der Waals surface area contributed by atoms with Crippen LogP contribution in [0.25, 0.3) is 11.1 Å². The van der Waals surface area contributed by atoms with Crippen LogP contribution in [-0.2, 0) is 14.3 Å². The lowest BCUT2D eigenvalue weighted by Crippen LogP contribution is -2.49. The van der Waals surface area contributed by atoms with Crippen molar-refractivity contribution in [1.29, 1.82) is 0 Å². The Hall–Kier alpha value is -3.49. The summed E-state index contributed by atoms with van der Waals surface area (Å²) in [6, 6.07) is 11.7. The minimum Gasteiger partial charge on any atom is -0.386 e. The van der Waals surface area contributed by atoms with Gasteiger partial charge in [0.05, 0.1) is 36.5 Å². The number of amides is 2. The number of carbonyl (C=O) groups excluding carboxylic acids is 2. The molecule has 2 aliphatic rings. The topological polar surface area (TPSA) is 82.7 Å². The maximum absolute atomic E-state index is 13.3. The SMILES string of the molecule is CNc1ccc(-c2ccc(F)cc2)cc1NC(=O)C1C=CC(NC(=O)C(C)N2CCOCC2)=CC1. The summed E-state index contributed by atoms with van der Waals surface area (Å²) in [5, 5.41) is 9.06. The highest BCUT2D eigenvalue weighted by molar-refractivity contribution is 5.98. The van der Waals surface area contributed by atoms with Gasteiger partial charge in [0.1, 0.15) is 5.82 Å². The van der Waals surface area contributed by atoms with Crippen molar-refractivity contribution in [3.05, 3.63) is 72.2 Å². The lowest BCUT2D eigenvalue weighted by molar-refractivity contribution is -0.126. The van der Waals surface area contributed by atoms with Gasteiger partial charge in [0.2, 0.25) is 11.8 Å². The molecule has 2 aromatic carbocycles. The minimum absolute atomic E-state index is 0.0676. The van der Waals surface area contributed by atoms with Gasteiger partial charge < -0.3 is 20.7 Å². The molecule has 7 nitrogen and oxygen atoms in total. The predicted molar refractivity (Wildman–Crippen MR) is 135 cm³/mol. The number of hydrogen-bond donors (Lipinski definition) is 3. The van der Waals surface area contributed by atoms with Gasteiger partial charge in [-0.25, -0.2) is 4.39 Å². The van der Waals surface area contributed by atoms with Gasteiger partial charge in [0, 0.05) is 25.8 Å². The maximum atomic E-state index is 13.3. The molecular weight excluding hydrogens is 447 g/mol. The number of hydrogen-bond acceptors (Lipinski definition) is 5. The molecule has 0 saturated carbocycles. The zero-order valence-corrected chi connectivity index (χ0v) is 20.0. The average molecular weight is 479 g/mol. The highest BCUT2D eigenvalue weighted by Gasteiger charge is 2.24. The van der Waals surface area contributed by atoms with Crippen molar-refractivity contribution in [2.45, 2.75) is 19.4 Å². The largest absolute Gasteiger partial charge is 0.386 e. The molecule has 1 aliphatic heterocycles. The van der Waals surface area contributed by atoms with Crippen LogP contribution in [0.3, 0.4) is 0 Å². The van der Waals surface area contributed by atoms with E-state index >= 15 is 0 Å². The quantitative estimate of drug-likeness (QED) is 0.564. The Labute approximate surface area is 205 Å². The van der Waals surface area contributed by atoms with Crippen LogP contribution in [0.15, 0.2) is 66.4 Å². The molecule has 0 bridgehead atoms. The Balaban J connectivity index is 1.37. The molecule has 0 aromatic heterocycles. The van der Waals surface area contributed by atoms with Gasteiger partial charge in [-0.05, 0) is 54.8 Å². The third-order valence-corrected chi connectivity index (χ3v) is 6.40. The second kappa shape index (κ2) is 11.3. The summed E-state index contributed by atoms with van der Waals surface area (Å²) >= 11 is 0. The summed E-state index contributed by atoms with van der Waals surface area (Å²) in [6.45, 7) is 4.65. The van der Waals surface area contributed by atoms with E-state index < -0.39 is 0 Å². The van der Waals surface area contributed by atoms with E-state index in [0.717, 1.165) is 29.9 Å². The minimum atomic E-state index is -0.355. The van der Waals surface area contributed by atoms with E-state index in [1.165, 1.54) is 12.1 Å². The fraction of sp³-hybridized carbons (Fsp3) is 0.333. The molecular formula is C27H31FN4O3. The Morgan fingerprint density at radius 2 is 1.74 bits per heavy atom. The summed E-state index contributed by atoms with van der Waals surface area (Å²) in [5.41, 5.74) is 3.86. The Kier molecular flexibility index (Phi) is 7.94. The monoisotopic (exact) mass is 478 g/mol. The van der Waals surface area contributed by atoms with Crippen LogP contribution in [0.4, 0.5) is 15.8 Å². The molecule has 1 heterocycles. The molecule has 1 fully saturated rings. The van der Waals surface area contributed by atoms with E-state index in [0.29, 0.717) is 31.0 Å². The van der Waals surface area contributed by atoms with E-state index in [4.69, 9.17) is 4.74 Å². The fourth-order valence-corrected chi connectivity index (χ4v) is 4.20. The molecule has 0 radical (unpaired) electrons. The number of nitrogens with one attached hydrogen (secondary N) is 3. The number of carbonyl (C=O) groups is 2. The summed E-state index contributed by atoms with van der Waals surface area (Å²) in [4.78, 5) is 27.7. The summed E-state index contributed by atoms with van der Waals surface area (Å²) in [6.07, 6.45) is 5.96. The lowest BCUT2D eigenvalue weighted by Gasteiger charge is -2.31. The smallest absolute Gasteiger partial charge is 0.241 e. The van der Waals surface area contributed by atoms with Crippen LogP contribution in [0.5, 0.6) is 0 Å². The first-order chi connectivity index (χ1) is 16.9. The Morgan fingerprint density at radius 3 is 2.40 bits per heavy atom. The second-order valence-electron chi connectivity index (χ2n) is 8.68. The summed E-state index contributed by atoms with van der Waals surface area (Å²) in [7, 11) is 1.79. The van der Waals surface area contributed by atoms with Crippen LogP contribution in [0.1, 0.15) is 13.3 Å². The number of nitrogens with zero attached hydrogens (tertiary/aromatic N) is 1. The van der Waals surface area contributed by atoms with Crippen molar-refractivity contribution in [1.82, 2.24) is 10.2 Å². The standard InChI is InChI=1S/C27H31FN4O3/c1-18(32-13-15-35-16-14-32)26(33)30-23-10-5-20(6-11-23)27(34)31-25-17-21(7-12-24(25)29-2)19-3-8-22(28)9-4-19/h3-5,7-12,17-18,20,29H,6,13-16H2,1-2H3,(H,30,33)(H,31,34). The van der Waals surface area contributed by atoms with Crippen molar-refractivity contribution in [2.75, 3.05) is 44.0 Å². The third kappa shape index (κ3) is 6.15. The van der Waals surface area contributed by atoms with Crippen LogP contribution in [0, 0.1) is 11.7 Å². The highest BCUT2D eigenvalue weighted by Crippen LogP contribution is 2.30. The van der Waals surface area contributed by atoms with Gasteiger partial charge in [-0.15, -0.1) is 0 Å². The number of allylic oxidation sites excluding steroid dienone is 2. The van der Waals surface area contributed by atoms with Gasteiger partial charge in [-0.3, -0.25) is 14.5 Å². The number of morpholine rings is 1. The highest BCUT2D eigenvalue weighted by atomic mass is 19.1. The van der Waals surface area contributed by atoms with Gasteiger partial charge in [-0.1, -0.05) is 30.4 Å². The Bertz CT molecular complexity index is 1120. The molecule has 1 saturated heterocycles. The molecule has 4 rings (SSSR count). The fourth-order valence-electron chi connectivity index (χ4n) is 4.20. The lowest BCUT2D eigenvalue weighted by atomic mass is 9.97. The van der Waals surface area contributed by atoms with Crippen LogP contribution < -0.4 is 16.0 Å². The molecule has 35 heavy (non-hydrogen) atoms. The molecule has 2 unspecified atom stereocenters. The normalized spacial score (nSPS) is 18.9. The first-order valence-electron chi connectivity index (χ1n) is 11.8. The van der Waals surface area contributed by atoms with Crippen LogP contribution in [-0.4, -0.2) is 56.1 Å². The van der Waals surface area contributed by atoms with Crippen LogP contribution >= 0.6 is 0 Å². The van der Waals surface area contributed by atoms with Crippen molar-refractivity contribution in [2.24, 2.45) is 5.92 Å². The van der Waals surface area contributed by atoms with E-state index in [-0.39, 0.29) is 29.6 Å². The number of halogens is 1. The van der Waals surface area contributed by atoms with E-state index in [1.54, 1.807) is 25.3 Å². The van der Waals surface area contributed by atoms with E-state index in [1.807, 2.05) is 37.3 Å². The van der Waals surface area contributed by atoms with Crippen molar-refractivity contribution < 1.29 is 18.7 Å². The summed E-state index contributed by atoms with van der Waals surface area (Å²) < 4.78 is 18.6. The number of rotatable bonds is 7. The summed E-state index contributed by atoms with van der Waals surface area (Å²) in [5.74, 6) is -0.858. The molecule has 2 aromatic rings. The van der Waals surface area contributed by atoms with Crippen molar-refractivity contribution in [3.63, 3.8) is 0 Å². The number of anilines is 2. The van der Waals surface area contributed by atoms with Crippen molar-refractivity contribution in [3.8, 4) is 11.1 Å². The molecule has 3 N–H and O–H groups in total. The number of benzene rings is 2. The van der Waals surface area contributed by atoms with Crippen LogP contribution in [0.2, 0.25) is 0 Å². The molecule has 1 aliphatic carbocycles. The zero-order valence-electron chi connectivity index (χ0n) is 20.0. The Morgan fingerprint density at radius 1 is 1.03 bits per heavy atom. The second-order valence-corrected chi connectivity index (χ2v) is 8.68. The third-order valence-electron chi connectivity index (χ3n) is 6.40. The average Bonchev–Trinajstić information content (AvgIpc) is 2.89. The van der Waals surface area contributed by atoms with E-state index in [9.17, 15) is 14.0 Å². The predicted octanol–water partition coefficient (Wildman–Crippen LogP) is 3.77. The van der Waals surface area contributed by atoms with E-state index in [2.05, 4.69) is 20.9 Å². The molecule has 0 spiro atoms. The van der Waals surface area contributed by atoms with Crippen molar-refractivity contribution >= 4 is 23.2 Å². The molecule has 184 valence electrons. The van der Waals surface area contributed by atoms with Gasteiger partial charge in [0.25, 0.3) is 0 Å². The molecule has 2 atom stereocenters. The first kappa shape index (κ1) is 24.6. The number of ether oxygens (including phenoxy) is 1.